The summed E-state index contributed by atoms with van der Waals surface area (Å²) >= 11 is 0. The largest absolute Gasteiger partial charge is 0.496 e. The van der Waals surface area contributed by atoms with Gasteiger partial charge in [0.2, 0.25) is 0 Å². The number of hydrogen-bond acceptors (Lipinski definition) is 5. The van der Waals surface area contributed by atoms with E-state index in [0.717, 1.165) is 0 Å². The van der Waals surface area contributed by atoms with Crippen LogP contribution in [-0.4, -0.2) is 28.4 Å². The Balaban J connectivity index is 2.44. The second-order valence-corrected chi connectivity index (χ2v) is 4.01. The van der Waals surface area contributed by atoms with E-state index in [1.807, 2.05) is 0 Å². The second kappa shape index (κ2) is 5.11. The highest BCUT2D eigenvalue weighted by Crippen LogP contribution is 2.27. The first kappa shape index (κ1) is 13.1. The lowest BCUT2D eigenvalue weighted by Crippen LogP contribution is -2.00. The van der Waals surface area contributed by atoms with Crippen LogP contribution in [-0.2, 0) is 0 Å². The topological polar surface area (TPSA) is 92.8 Å². The minimum absolute atomic E-state index is 0.0431. The molecule has 6 nitrogen and oxygen atoms in total. The molecule has 19 heavy (non-hydrogen) atoms. The van der Waals surface area contributed by atoms with Crippen LogP contribution in [0.2, 0.25) is 0 Å². The minimum Gasteiger partial charge on any atom is -0.496 e. The summed E-state index contributed by atoms with van der Waals surface area (Å²) in [6.07, 6.45) is -0.765. The molecule has 0 fully saturated rings. The standard InChI is InChI=1S/C13H13NO5/c1-7(15)12-6-10(14-19-12)8-3-4-11(18-2)9(5-8)13(16)17/h3-7,15H,1-2H3,(H,16,17)/t7-/m0/s1. The molecular formula is C13H13NO5. The number of carbonyl (C=O) groups is 1. The van der Waals surface area contributed by atoms with E-state index in [1.54, 1.807) is 25.1 Å². The predicted octanol–water partition coefficient (Wildman–Crippen LogP) is 2.10. The first-order valence-corrected chi connectivity index (χ1v) is 5.59. The monoisotopic (exact) mass is 263 g/mol. The van der Waals surface area contributed by atoms with Gasteiger partial charge < -0.3 is 19.5 Å². The maximum atomic E-state index is 11.1. The summed E-state index contributed by atoms with van der Waals surface area (Å²) in [5.74, 6) is -0.490. The molecule has 1 atom stereocenters. The van der Waals surface area contributed by atoms with Crippen molar-refractivity contribution >= 4 is 5.97 Å². The van der Waals surface area contributed by atoms with Crippen molar-refractivity contribution in [2.75, 3.05) is 7.11 Å². The molecule has 0 amide bonds. The number of nitrogens with zero attached hydrogens (tertiary/aromatic N) is 1. The lowest BCUT2D eigenvalue weighted by atomic mass is 10.1. The molecule has 2 N–H and O–H groups in total. The Morgan fingerprint density at radius 3 is 2.68 bits per heavy atom. The number of benzene rings is 1. The molecule has 0 spiro atoms. The van der Waals surface area contributed by atoms with Crippen LogP contribution >= 0.6 is 0 Å². The van der Waals surface area contributed by atoms with Gasteiger partial charge in [-0.3, -0.25) is 0 Å². The first-order chi connectivity index (χ1) is 9.02. The Labute approximate surface area is 109 Å². The number of methoxy groups -OCH3 is 1. The van der Waals surface area contributed by atoms with Crippen molar-refractivity contribution in [3.05, 3.63) is 35.6 Å². The quantitative estimate of drug-likeness (QED) is 0.877. The van der Waals surface area contributed by atoms with Crippen LogP contribution in [0.1, 0.15) is 29.1 Å². The molecule has 0 radical (unpaired) electrons. The van der Waals surface area contributed by atoms with Crippen molar-refractivity contribution in [1.82, 2.24) is 5.16 Å². The van der Waals surface area contributed by atoms with Gasteiger partial charge in [-0.1, -0.05) is 5.16 Å². The van der Waals surface area contributed by atoms with Gasteiger partial charge in [0.15, 0.2) is 5.76 Å². The molecule has 0 saturated heterocycles. The van der Waals surface area contributed by atoms with Gasteiger partial charge >= 0.3 is 5.97 Å². The van der Waals surface area contributed by atoms with Gasteiger partial charge in [0.1, 0.15) is 23.1 Å². The fourth-order valence-corrected chi connectivity index (χ4v) is 1.66. The summed E-state index contributed by atoms with van der Waals surface area (Å²) in [7, 11) is 1.41. The Bertz CT molecular complexity index is 603. The summed E-state index contributed by atoms with van der Waals surface area (Å²) in [4.78, 5) is 11.1. The number of rotatable bonds is 4. The van der Waals surface area contributed by atoms with E-state index in [4.69, 9.17) is 14.4 Å². The zero-order valence-corrected chi connectivity index (χ0v) is 10.5. The summed E-state index contributed by atoms with van der Waals surface area (Å²) in [6.45, 7) is 1.56. The summed E-state index contributed by atoms with van der Waals surface area (Å²) < 4.78 is 9.93. The van der Waals surface area contributed by atoms with Gasteiger partial charge in [-0.05, 0) is 25.1 Å². The minimum atomic E-state index is -1.09. The third-order valence-electron chi connectivity index (χ3n) is 2.67. The summed E-state index contributed by atoms with van der Waals surface area (Å²) in [6, 6.07) is 6.24. The van der Waals surface area contributed by atoms with Crippen LogP contribution in [0.4, 0.5) is 0 Å². The van der Waals surface area contributed by atoms with E-state index < -0.39 is 12.1 Å². The molecule has 0 aliphatic rings. The number of carboxylic acid groups (broad SMARTS) is 1. The molecule has 6 heteroatoms. The van der Waals surface area contributed by atoms with E-state index in [1.165, 1.54) is 13.2 Å². The fraction of sp³-hybridized carbons (Fsp3) is 0.231. The molecule has 100 valence electrons. The van der Waals surface area contributed by atoms with E-state index in [9.17, 15) is 9.90 Å². The number of carboxylic acids is 1. The van der Waals surface area contributed by atoms with Gasteiger partial charge in [-0.15, -0.1) is 0 Å². The molecule has 2 aromatic rings. The number of aromatic carboxylic acids is 1. The Morgan fingerprint density at radius 1 is 1.42 bits per heavy atom. The zero-order valence-electron chi connectivity index (χ0n) is 10.5. The number of ether oxygens (including phenoxy) is 1. The third kappa shape index (κ3) is 2.58. The molecule has 1 aromatic carbocycles. The average molecular weight is 263 g/mol. The highest BCUT2D eigenvalue weighted by atomic mass is 16.5. The normalized spacial score (nSPS) is 12.2. The molecular weight excluding hydrogens is 250 g/mol. The Kier molecular flexibility index (Phi) is 3.52. The van der Waals surface area contributed by atoms with Crippen molar-refractivity contribution in [1.29, 1.82) is 0 Å². The zero-order chi connectivity index (χ0) is 14.0. The molecule has 0 aliphatic heterocycles. The number of aromatic nitrogens is 1. The van der Waals surface area contributed by atoms with Crippen molar-refractivity contribution in [2.45, 2.75) is 13.0 Å². The fourth-order valence-electron chi connectivity index (χ4n) is 1.66. The van der Waals surface area contributed by atoms with Crippen LogP contribution in [0.25, 0.3) is 11.3 Å². The maximum Gasteiger partial charge on any atom is 0.339 e. The molecule has 1 aromatic heterocycles. The van der Waals surface area contributed by atoms with E-state index in [2.05, 4.69) is 5.16 Å². The van der Waals surface area contributed by atoms with E-state index >= 15 is 0 Å². The second-order valence-electron chi connectivity index (χ2n) is 4.01. The maximum absolute atomic E-state index is 11.1. The predicted molar refractivity (Wildman–Crippen MR) is 66.1 cm³/mol. The lowest BCUT2D eigenvalue weighted by molar-refractivity contribution is 0.0693. The molecule has 2 rings (SSSR count). The van der Waals surface area contributed by atoms with Gasteiger partial charge in [0, 0.05) is 11.6 Å². The average Bonchev–Trinajstić information content (AvgIpc) is 2.87. The Hall–Kier alpha value is -2.34. The number of hydrogen-bond donors (Lipinski definition) is 2. The van der Waals surface area contributed by atoms with Crippen LogP contribution in [0, 0.1) is 0 Å². The van der Waals surface area contributed by atoms with Gasteiger partial charge in [0.05, 0.1) is 7.11 Å². The summed E-state index contributed by atoms with van der Waals surface area (Å²) in [5.41, 5.74) is 1.08. The molecule has 0 aliphatic carbocycles. The van der Waals surface area contributed by atoms with Gasteiger partial charge in [0.25, 0.3) is 0 Å². The van der Waals surface area contributed by atoms with Crippen LogP contribution in [0.5, 0.6) is 5.75 Å². The van der Waals surface area contributed by atoms with Crippen LogP contribution < -0.4 is 4.74 Å². The van der Waals surface area contributed by atoms with Crippen LogP contribution in [0.15, 0.2) is 28.8 Å². The molecule has 1 heterocycles. The highest BCUT2D eigenvalue weighted by molar-refractivity contribution is 5.92. The number of aliphatic hydroxyl groups excluding tert-OH is 1. The summed E-state index contributed by atoms with van der Waals surface area (Å²) in [5, 5.41) is 22.3. The molecule has 0 bridgehead atoms. The highest BCUT2D eigenvalue weighted by Gasteiger charge is 2.15. The van der Waals surface area contributed by atoms with E-state index in [-0.39, 0.29) is 11.3 Å². The molecule has 0 unspecified atom stereocenters. The van der Waals surface area contributed by atoms with Crippen molar-refractivity contribution in [2.24, 2.45) is 0 Å². The van der Waals surface area contributed by atoms with Crippen molar-refractivity contribution in [3.8, 4) is 17.0 Å². The van der Waals surface area contributed by atoms with Gasteiger partial charge in [-0.2, -0.15) is 0 Å². The SMILES string of the molecule is COc1ccc(-c2cc([C@H](C)O)on2)cc1C(=O)O. The van der Waals surface area contributed by atoms with Gasteiger partial charge in [-0.25, -0.2) is 4.79 Å². The van der Waals surface area contributed by atoms with Crippen molar-refractivity contribution < 1.29 is 24.3 Å². The van der Waals surface area contributed by atoms with Crippen LogP contribution in [0.3, 0.4) is 0 Å². The smallest absolute Gasteiger partial charge is 0.339 e. The molecule has 0 saturated carbocycles. The van der Waals surface area contributed by atoms with E-state index in [0.29, 0.717) is 17.0 Å². The number of aliphatic hydroxyl groups is 1. The third-order valence-corrected chi connectivity index (χ3v) is 2.67. The Morgan fingerprint density at radius 2 is 2.16 bits per heavy atom. The van der Waals surface area contributed by atoms with Crippen molar-refractivity contribution in [3.63, 3.8) is 0 Å². The first-order valence-electron chi connectivity index (χ1n) is 5.59. The lowest BCUT2D eigenvalue weighted by Gasteiger charge is -2.05.